The Bertz CT molecular complexity index is 883. The maximum absolute atomic E-state index is 12.0. The number of Topliss-reactive ketones (excluding diaryl/α,β-unsaturated/α-hetero) is 1. The molecule has 0 radical (unpaired) electrons. The lowest BCUT2D eigenvalue weighted by molar-refractivity contribution is 0.0479. The third-order valence-electron chi connectivity index (χ3n) is 3.22. The topological polar surface area (TPSA) is 85.6 Å². The summed E-state index contributed by atoms with van der Waals surface area (Å²) >= 11 is 1.05. The number of hydrogen-bond donors (Lipinski definition) is 1. The summed E-state index contributed by atoms with van der Waals surface area (Å²) in [5.74, 6) is -1.14. The Labute approximate surface area is 147 Å². The molecule has 1 N–H and O–H groups in total. The van der Waals surface area contributed by atoms with Crippen molar-refractivity contribution in [3.8, 4) is 0 Å². The predicted octanol–water partition coefficient (Wildman–Crippen LogP) is 3.63. The molecular formula is C18H13NO5S. The molecule has 1 aromatic carbocycles. The van der Waals surface area contributed by atoms with Crippen LogP contribution in [0.1, 0.15) is 30.6 Å². The number of carbonyl (C=O) groups is 3. The standard InChI is InChI=1S/C18H13NO5S/c20-13(12-5-2-1-3-6-12)11-24-18(22)15-8-9-16(25-15)19-17(21)14-7-4-10-23-14/h1-10H,11H2,(H,19,21). The number of nitrogens with one attached hydrogen (secondary N) is 1. The number of anilines is 1. The van der Waals surface area contributed by atoms with Crippen LogP contribution in [0.4, 0.5) is 5.00 Å². The molecule has 3 aromatic rings. The second kappa shape index (κ2) is 7.59. The van der Waals surface area contributed by atoms with Crippen LogP contribution in [0.5, 0.6) is 0 Å². The number of amides is 1. The highest BCUT2D eigenvalue weighted by molar-refractivity contribution is 7.18. The van der Waals surface area contributed by atoms with Gasteiger partial charge in [0.1, 0.15) is 4.88 Å². The van der Waals surface area contributed by atoms with E-state index in [2.05, 4.69) is 5.32 Å². The van der Waals surface area contributed by atoms with E-state index in [1.165, 1.54) is 18.4 Å². The van der Waals surface area contributed by atoms with Crippen molar-refractivity contribution in [2.75, 3.05) is 11.9 Å². The molecule has 0 aliphatic carbocycles. The SMILES string of the molecule is O=C(COC(=O)c1ccc(NC(=O)c2ccco2)s1)c1ccccc1. The number of benzene rings is 1. The molecule has 0 aliphatic heterocycles. The summed E-state index contributed by atoms with van der Waals surface area (Å²) in [5.41, 5.74) is 0.480. The first-order valence-electron chi connectivity index (χ1n) is 7.33. The molecule has 0 fully saturated rings. The molecule has 0 aliphatic rings. The minimum Gasteiger partial charge on any atom is -0.459 e. The maximum Gasteiger partial charge on any atom is 0.348 e. The Kier molecular flexibility index (Phi) is 5.06. The van der Waals surface area contributed by atoms with E-state index in [0.29, 0.717) is 10.6 Å². The molecule has 0 saturated carbocycles. The van der Waals surface area contributed by atoms with Crippen LogP contribution in [0.3, 0.4) is 0 Å². The van der Waals surface area contributed by atoms with Crippen molar-refractivity contribution >= 4 is 34.0 Å². The summed E-state index contributed by atoms with van der Waals surface area (Å²) in [6.07, 6.45) is 1.40. The number of furan rings is 1. The van der Waals surface area contributed by atoms with Gasteiger partial charge in [-0.2, -0.15) is 0 Å². The second-order valence-electron chi connectivity index (χ2n) is 4.96. The summed E-state index contributed by atoms with van der Waals surface area (Å²) in [4.78, 5) is 36.1. The van der Waals surface area contributed by atoms with Gasteiger partial charge in [0.05, 0.1) is 11.3 Å². The predicted molar refractivity (Wildman–Crippen MR) is 92.0 cm³/mol. The minimum atomic E-state index is -0.618. The van der Waals surface area contributed by atoms with E-state index in [0.717, 1.165) is 11.3 Å². The molecule has 0 unspecified atom stereocenters. The fourth-order valence-electron chi connectivity index (χ4n) is 2.01. The average Bonchev–Trinajstić information content (AvgIpc) is 3.32. The van der Waals surface area contributed by atoms with Gasteiger partial charge >= 0.3 is 5.97 Å². The van der Waals surface area contributed by atoms with Crippen LogP contribution in [0.25, 0.3) is 0 Å². The lowest BCUT2D eigenvalue weighted by Crippen LogP contribution is -2.13. The molecule has 25 heavy (non-hydrogen) atoms. The molecule has 0 spiro atoms. The number of ether oxygens (including phenoxy) is 1. The van der Waals surface area contributed by atoms with Gasteiger partial charge in [-0.05, 0) is 24.3 Å². The third kappa shape index (κ3) is 4.21. The van der Waals surface area contributed by atoms with Crippen LogP contribution in [0.2, 0.25) is 0 Å². The van der Waals surface area contributed by atoms with Crippen LogP contribution in [0.15, 0.2) is 65.3 Å². The number of carbonyl (C=O) groups excluding carboxylic acids is 3. The Hall–Kier alpha value is -3.19. The Morgan fingerprint density at radius 2 is 1.80 bits per heavy atom. The normalized spacial score (nSPS) is 10.2. The van der Waals surface area contributed by atoms with Gasteiger partial charge in [-0.1, -0.05) is 30.3 Å². The molecular weight excluding hydrogens is 342 g/mol. The van der Waals surface area contributed by atoms with Crippen LogP contribution >= 0.6 is 11.3 Å². The molecule has 6 nitrogen and oxygen atoms in total. The largest absolute Gasteiger partial charge is 0.459 e. The Morgan fingerprint density at radius 1 is 1.00 bits per heavy atom. The molecule has 3 rings (SSSR count). The zero-order chi connectivity index (χ0) is 17.6. The van der Waals surface area contributed by atoms with Crippen molar-refractivity contribution in [1.29, 1.82) is 0 Å². The van der Waals surface area contributed by atoms with E-state index in [4.69, 9.17) is 9.15 Å². The lowest BCUT2D eigenvalue weighted by atomic mass is 10.1. The fourth-order valence-corrected chi connectivity index (χ4v) is 2.80. The average molecular weight is 355 g/mol. The number of esters is 1. The Balaban J connectivity index is 1.55. The molecule has 0 atom stereocenters. The molecule has 0 bridgehead atoms. The quantitative estimate of drug-likeness (QED) is 0.539. The van der Waals surface area contributed by atoms with Crippen LogP contribution in [-0.2, 0) is 4.74 Å². The first-order chi connectivity index (χ1) is 12.1. The summed E-state index contributed by atoms with van der Waals surface area (Å²) in [6.45, 7) is -0.338. The summed E-state index contributed by atoms with van der Waals surface area (Å²) in [7, 11) is 0. The van der Waals surface area contributed by atoms with Crippen LogP contribution < -0.4 is 5.32 Å². The molecule has 0 saturated heterocycles. The van der Waals surface area contributed by atoms with E-state index in [9.17, 15) is 14.4 Å². The van der Waals surface area contributed by atoms with E-state index in [1.54, 1.807) is 42.5 Å². The van der Waals surface area contributed by atoms with Crippen molar-refractivity contribution in [3.63, 3.8) is 0 Å². The lowest BCUT2D eigenvalue weighted by Gasteiger charge is -2.03. The van der Waals surface area contributed by atoms with Gasteiger partial charge in [-0.3, -0.25) is 9.59 Å². The summed E-state index contributed by atoms with van der Waals surface area (Å²) in [5, 5.41) is 3.10. The van der Waals surface area contributed by atoms with Crippen LogP contribution in [-0.4, -0.2) is 24.3 Å². The molecule has 7 heteroatoms. The van der Waals surface area contributed by atoms with E-state index in [1.807, 2.05) is 0 Å². The first-order valence-corrected chi connectivity index (χ1v) is 8.15. The maximum atomic E-state index is 12.0. The van der Waals surface area contributed by atoms with E-state index < -0.39 is 11.9 Å². The molecule has 126 valence electrons. The molecule has 2 aromatic heterocycles. The van der Waals surface area contributed by atoms with Gasteiger partial charge in [-0.15, -0.1) is 11.3 Å². The molecule has 2 heterocycles. The van der Waals surface area contributed by atoms with Gasteiger partial charge in [0, 0.05) is 5.56 Å². The number of hydrogen-bond acceptors (Lipinski definition) is 6. The highest BCUT2D eigenvalue weighted by atomic mass is 32.1. The van der Waals surface area contributed by atoms with Crippen LogP contribution in [0, 0.1) is 0 Å². The molecule has 1 amide bonds. The second-order valence-corrected chi connectivity index (χ2v) is 6.04. The highest BCUT2D eigenvalue weighted by Crippen LogP contribution is 2.23. The van der Waals surface area contributed by atoms with Gasteiger partial charge < -0.3 is 14.5 Å². The van der Waals surface area contributed by atoms with Gasteiger partial charge in [0.15, 0.2) is 18.2 Å². The zero-order valence-electron chi connectivity index (χ0n) is 12.9. The van der Waals surface area contributed by atoms with Crippen molar-refractivity contribution in [1.82, 2.24) is 0 Å². The van der Waals surface area contributed by atoms with Crippen molar-refractivity contribution in [2.45, 2.75) is 0 Å². The minimum absolute atomic E-state index is 0.172. The summed E-state index contributed by atoms with van der Waals surface area (Å²) < 4.78 is 10.0. The number of rotatable bonds is 6. The smallest absolute Gasteiger partial charge is 0.348 e. The van der Waals surface area contributed by atoms with E-state index >= 15 is 0 Å². The number of thiophene rings is 1. The Morgan fingerprint density at radius 3 is 2.52 bits per heavy atom. The first kappa shape index (κ1) is 16.7. The number of ketones is 1. The van der Waals surface area contributed by atoms with Gasteiger partial charge in [0.2, 0.25) is 0 Å². The summed E-state index contributed by atoms with van der Waals surface area (Å²) in [6, 6.07) is 14.8. The zero-order valence-corrected chi connectivity index (χ0v) is 13.7. The van der Waals surface area contributed by atoms with Crippen molar-refractivity contribution in [2.24, 2.45) is 0 Å². The third-order valence-corrected chi connectivity index (χ3v) is 4.20. The monoisotopic (exact) mass is 355 g/mol. The fraction of sp³-hybridized carbons (Fsp3) is 0.0556. The van der Waals surface area contributed by atoms with Gasteiger partial charge in [0.25, 0.3) is 5.91 Å². The van der Waals surface area contributed by atoms with Gasteiger partial charge in [-0.25, -0.2) is 4.79 Å². The van der Waals surface area contributed by atoms with E-state index in [-0.39, 0.29) is 23.0 Å². The highest BCUT2D eigenvalue weighted by Gasteiger charge is 2.16. The van der Waals surface area contributed by atoms with Crippen molar-refractivity contribution < 1.29 is 23.5 Å². The van der Waals surface area contributed by atoms with Crippen molar-refractivity contribution in [3.05, 3.63) is 77.1 Å².